The Kier molecular flexibility index (Phi) is 3.78. The van der Waals surface area contributed by atoms with E-state index in [1.165, 1.54) is 0 Å². The molecule has 0 radical (unpaired) electrons. The van der Waals surface area contributed by atoms with Gasteiger partial charge in [0, 0.05) is 30.2 Å². The van der Waals surface area contributed by atoms with Crippen LogP contribution in [0.2, 0.25) is 0 Å². The summed E-state index contributed by atoms with van der Waals surface area (Å²) in [5, 5.41) is 0. The maximum atomic E-state index is 13.6. The molecule has 1 aliphatic rings. The Morgan fingerprint density at radius 1 is 1.29 bits per heavy atom. The molecule has 0 aliphatic carbocycles. The molecule has 1 aromatic rings. The summed E-state index contributed by atoms with van der Waals surface area (Å²) in [5.74, 6) is -2.63. The normalized spacial score (nSPS) is 26.2. The average Bonchev–Trinajstić information content (AvgIpc) is 2.62. The Morgan fingerprint density at radius 2 is 1.88 bits per heavy atom. The molecule has 1 saturated heterocycles. The molecule has 3 atom stereocenters. The minimum atomic E-state index is -0.904. The zero-order valence-corrected chi connectivity index (χ0v) is 10.8. The highest BCUT2D eigenvalue weighted by molar-refractivity contribution is 9.09. The van der Waals surface area contributed by atoms with E-state index in [0.29, 0.717) is 18.7 Å². The topological polar surface area (TPSA) is 9.23 Å². The predicted molar refractivity (Wildman–Crippen MR) is 61.5 cm³/mol. The van der Waals surface area contributed by atoms with Gasteiger partial charge in [0.2, 0.25) is 0 Å². The average molecular weight is 309 g/mol. The largest absolute Gasteiger partial charge is 0.378 e. The van der Waals surface area contributed by atoms with E-state index in [4.69, 9.17) is 4.74 Å². The molecule has 94 valence electrons. The maximum absolute atomic E-state index is 13.6. The van der Waals surface area contributed by atoms with Gasteiger partial charge in [-0.1, -0.05) is 15.9 Å². The van der Waals surface area contributed by atoms with Gasteiger partial charge in [-0.2, -0.15) is 0 Å². The molecule has 1 heterocycles. The van der Waals surface area contributed by atoms with Gasteiger partial charge in [0.15, 0.2) is 0 Å². The molecule has 0 bridgehead atoms. The van der Waals surface area contributed by atoms with Gasteiger partial charge < -0.3 is 4.74 Å². The lowest BCUT2D eigenvalue weighted by Gasteiger charge is -2.21. The minimum Gasteiger partial charge on any atom is -0.378 e. The molecule has 5 heteroatoms. The number of hydrogen-bond acceptors (Lipinski definition) is 1. The van der Waals surface area contributed by atoms with Crippen LogP contribution in [-0.4, -0.2) is 12.7 Å². The summed E-state index contributed by atoms with van der Waals surface area (Å²) < 4.78 is 45.4. The van der Waals surface area contributed by atoms with Gasteiger partial charge in [-0.05, 0) is 13.3 Å². The van der Waals surface area contributed by atoms with E-state index in [9.17, 15) is 13.2 Å². The number of rotatable bonds is 2. The Hall–Kier alpha value is -0.550. The Balaban J connectivity index is 2.33. The number of hydrogen-bond donors (Lipinski definition) is 0. The SMILES string of the molecule is CC1OCCC1C(Br)c1c(F)cc(F)cc1F. The van der Waals surface area contributed by atoms with Crippen molar-refractivity contribution in [1.29, 1.82) is 0 Å². The van der Waals surface area contributed by atoms with Crippen molar-refractivity contribution >= 4 is 15.9 Å². The van der Waals surface area contributed by atoms with Crippen LogP contribution < -0.4 is 0 Å². The van der Waals surface area contributed by atoms with Crippen LogP contribution in [0.4, 0.5) is 13.2 Å². The van der Waals surface area contributed by atoms with Crippen molar-refractivity contribution < 1.29 is 17.9 Å². The van der Waals surface area contributed by atoms with E-state index in [2.05, 4.69) is 15.9 Å². The second-order valence-electron chi connectivity index (χ2n) is 4.21. The smallest absolute Gasteiger partial charge is 0.133 e. The number of ether oxygens (including phenoxy) is 1. The fourth-order valence-electron chi connectivity index (χ4n) is 2.16. The van der Waals surface area contributed by atoms with Gasteiger partial charge in [-0.25, -0.2) is 13.2 Å². The van der Waals surface area contributed by atoms with Crippen LogP contribution in [0.25, 0.3) is 0 Å². The Morgan fingerprint density at radius 3 is 2.35 bits per heavy atom. The summed E-state index contributed by atoms with van der Waals surface area (Å²) in [4.78, 5) is -0.499. The maximum Gasteiger partial charge on any atom is 0.133 e. The number of alkyl halides is 1. The summed E-state index contributed by atoms with van der Waals surface area (Å²) in [6.45, 7) is 2.45. The first kappa shape index (κ1) is 12.9. The zero-order valence-electron chi connectivity index (χ0n) is 9.22. The first-order valence-electron chi connectivity index (χ1n) is 5.41. The van der Waals surface area contributed by atoms with Crippen molar-refractivity contribution in [1.82, 2.24) is 0 Å². The molecule has 1 fully saturated rings. The Bertz CT molecular complexity index is 401. The molecule has 0 aromatic heterocycles. The van der Waals surface area contributed by atoms with Crippen molar-refractivity contribution in [2.75, 3.05) is 6.61 Å². The fourth-order valence-corrected chi connectivity index (χ4v) is 3.30. The molecular weight excluding hydrogens is 297 g/mol. The minimum absolute atomic E-state index is 0.00976. The van der Waals surface area contributed by atoms with Crippen LogP contribution in [-0.2, 0) is 4.74 Å². The summed E-state index contributed by atoms with van der Waals surface area (Å²) >= 11 is 3.30. The van der Waals surface area contributed by atoms with Gasteiger partial charge >= 0.3 is 0 Å². The number of benzene rings is 1. The standard InChI is InChI=1S/C12H12BrF3O/c1-6-8(2-3-17-6)12(13)11-9(15)4-7(14)5-10(11)16/h4-6,8,12H,2-3H2,1H3. The molecule has 1 nitrogen and oxygen atoms in total. The summed E-state index contributed by atoms with van der Waals surface area (Å²) in [7, 11) is 0. The molecule has 1 aromatic carbocycles. The monoisotopic (exact) mass is 308 g/mol. The molecular formula is C12H12BrF3O. The highest BCUT2D eigenvalue weighted by Crippen LogP contribution is 2.41. The third kappa shape index (κ3) is 2.50. The molecule has 2 rings (SSSR count). The van der Waals surface area contributed by atoms with E-state index in [1.54, 1.807) is 0 Å². The zero-order chi connectivity index (χ0) is 12.6. The summed E-state index contributed by atoms with van der Waals surface area (Å²) in [6.07, 6.45) is 0.663. The van der Waals surface area contributed by atoms with E-state index in [0.717, 1.165) is 6.42 Å². The predicted octanol–water partition coefficient (Wildman–Crippen LogP) is 3.96. The van der Waals surface area contributed by atoms with E-state index < -0.39 is 22.3 Å². The molecule has 3 unspecified atom stereocenters. The van der Waals surface area contributed by atoms with Crippen LogP contribution in [0.1, 0.15) is 23.7 Å². The van der Waals surface area contributed by atoms with E-state index in [-0.39, 0.29) is 17.6 Å². The molecule has 0 N–H and O–H groups in total. The van der Waals surface area contributed by atoms with Crippen LogP contribution in [0, 0.1) is 23.4 Å². The van der Waals surface area contributed by atoms with Gasteiger partial charge in [0.1, 0.15) is 17.5 Å². The fraction of sp³-hybridized carbons (Fsp3) is 0.500. The van der Waals surface area contributed by atoms with E-state index >= 15 is 0 Å². The van der Waals surface area contributed by atoms with Crippen LogP contribution >= 0.6 is 15.9 Å². The molecule has 1 aliphatic heterocycles. The van der Waals surface area contributed by atoms with Crippen LogP contribution in [0.15, 0.2) is 12.1 Å². The second-order valence-corrected chi connectivity index (χ2v) is 5.20. The van der Waals surface area contributed by atoms with Crippen molar-refractivity contribution in [3.05, 3.63) is 35.1 Å². The van der Waals surface area contributed by atoms with Crippen molar-refractivity contribution in [2.45, 2.75) is 24.3 Å². The summed E-state index contributed by atoms with van der Waals surface area (Å²) in [5.41, 5.74) is -0.117. The number of halogens is 4. The lowest BCUT2D eigenvalue weighted by atomic mass is 9.93. The van der Waals surface area contributed by atoms with Crippen LogP contribution in [0.3, 0.4) is 0 Å². The lowest BCUT2D eigenvalue weighted by molar-refractivity contribution is 0.105. The molecule has 0 spiro atoms. The quantitative estimate of drug-likeness (QED) is 0.751. The first-order chi connectivity index (χ1) is 8.00. The van der Waals surface area contributed by atoms with E-state index in [1.807, 2.05) is 6.92 Å². The lowest BCUT2D eigenvalue weighted by Crippen LogP contribution is -2.18. The highest BCUT2D eigenvalue weighted by Gasteiger charge is 2.34. The van der Waals surface area contributed by atoms with Crippen molar-refractivity contribution in [2.24, 2.45) is 5.92 Å². The van der Waals surface area contributed by atoms with Gasteiger partial charge in [0.05, 0.1) is 10.9 Å². The van der Waals surface area contributed by atoms with Crippen LogP contribution in [0.5, 0.6) is 0 Å². The third-order valence-corrected chi connectivity index (χ3v) is 4.27. The van der Waals surface area contributed by atoms with Crippen molar-refractivity contribution in [3.8, 4) is 0 Å². The molecule has 0 saturated carbocycles. The van der Waals surface area contributed by atoms with Gasteiger partial charge in [0.25, 0.3) is 0 Å². The van der Waals surface area contributed by atoms with Gasteiger partial charge in [-0.3, -0.25) is 0 Å². The summed E-state index contributed by atoms with van der Waals surface area (Å²) in [6, 6.07) is 1.40. The third-order valence-electron chi connectivity index (χ3n) is 3.13. The molecule has 17 heavy (non-hydrogen) atoms. The second kappa shape index (κ2) is 4.98. The van der Waals surface area contributed by atoms with Gasteiger partial charge in [-0.15, -0.1) is 0 Å². The first-order valence-corrected chi connectivity index (χ1v) is 6.32. The van der Waals surface area contributed by atoms with Crippen molar-refractivity contribution in [3.63, 3.8) is 0 Å². The molecule has 0 amide bonds. The Labute approximate surface area is 106 Å². The highest BCUT2D eigenvalue weighted by atomic mass is 79.9.